The molecule has 6 heteroatoms. The number of ether oxygens (including phenoxy) is 1. The summed E-state index contributed by atoms with van der Waals surface area (Å²) >= 11 is 0. The van der Waals surface area contributed by atoms with Crippen LogP contribution in [0, 0.1) is 6.92 Å². The van der Waals surface area contributed by atoms with Crippen molar-refractivity contribution in [3.63, 3.8) is 0 Å². The summed E-state index contributed by atoms with van der Waals surface area (Å²) in [6, 6.07) is 1.99. The molecule has 6 nitrogen and oxygen atoms in total. The van der Waals surface area contributed by atoms with Gasteiger partial charge < -0.3 is 14.6 Å². The lowest BCUT2D eigenvalue weighted by Gasteiger charge is -2.38. The second kappa shape index (κ2) is 5.91. The number of hydrogen-bond donors (Lipinski definition) is 1. The molecule has 3 rings (SSSR count). The number of aromatic nitrogens is 1. The highest BCUT2D eigenvalue weighted by Crippen LogP contribution is 2.49. The average molecular weight is 321 g/mol. The first-order chi connectivity index (χ1) is 10.8. The Morgan fingerprint density at radius 2 is 2.30 bits per heavy atom. The van der Waals surface area contributed by atoms with Crippen molar-refractivity contribution in [1.82, 2.24) is 15.4 Å². The van der Waals surface area contributed by atoms with Gasteiger partial charge in [-0.1, -0.05) is 5.16 Å². The summed E-state index contributed by atoms with van der Waals surface area (Å²) < 4.78 is 11.5. The van der Waals surface area contributed by atoms with Crippen molar-refractivity contribution in [2.75, 3.05) is 13.6 Å². The zero-order valence-electron chi connectivity index (χ0n) is 14.5. The number of aryl methyl sites for hydroxylation is 1. The number of nitrogens with zero attached hydrogens (tertiary/aromatic N) is 2. The number of hydrogen-bond acceptors (Lipinski definition) is 5. The number of carbonyl (C=O) groups excluding carboxylic acids is 1. The average Bonchev–Trinajstić information content (AvgIpc) is 3.11. The number of nitrogens with one attached hydrogen (secondary N) is 1. The van der Waals surface area contributed by atoms with Crippen molar-refractivity contribution < 1.29 is 14.1 Å². The zero-order valence-corrected chi connectivity index (χ0v) is 14.5. The van der Waals surface area contributed by atoms with Gasteiger partial charge in [0.1, 0.15) is 5.76 Å². The third-order valence-corrected chi connectivity index (χ3v) is 5.14. The number of amides is 1. The highest BCUT2D eigenvalue weighted by Gasteiger charge is 2.57. The van der Waals surface area contributed by atoms with Crippen molar-refractivity contribution in [3.8, 4) is 0 Å². The van der Waals surface area contributed by atoms with E-state index in [0.29, 0.717) is 6.42 Å². The van der Waals surface area contributed by atoms with Gasteiger partial charge in [-0.3, -0.25) is 9.69 Å². The fourth-order valence-corrected chi connectivity index (χ4v) is 4.34. The van der Waals surface area contributed by atoms with Crippen LogP contribution in [0.1, 0.15) is 51.0 Å². The van der Waals surface area contributed by atoms with Gasteiger partial charge in [-0.15, -0.1) is 0 Å². The molecule has 0 aliphatic carbocycles. The highest BCUT2D eigenvalue weighted by molar-refractivity contribution is 5.76. The van der Waals surface area contributed by atoms with Crippen molar-refractivity contribution in [2.45, 2.75) is 70.2 Å². The van der Waals surface area contributed by atoms with Crippen LogP contribution in [0.15, 0.2) is 10.6 Å². The largest absolute Gasteiger partial charge is 0.370 e. The van der Waals surface area contributed by atoms with Gasteiger partial charge in [-0.2, -0.15) is 0 Å². The number of carbonyl (C=O) groups is 1. The Balaban J connectivity index is 1.84. The fraction of sp³-hybridized carbons (Fsp3) is 0.765. The molecule has 1 spiro atoms. The first-order valence-electron chi connectivity index (χ1n) is 8.40. The van der Waals surface area contributed by atoms with Gasteiger partial charge in [0.05, 0.1) is 29.4 Å². The highest BCUT2D eigenvalue weighted by atomic mass is 16.5. The Hall–Kier alpha value is -1.40. The molecule has 2 saturated heterocycles. The molecule has 1 aromatic rings. The number of rotatable bonds is 4. The molecule has 1 N–H and O–H groups in total. The summed E-state index contributed by atoms with van der Waals surface area (Å²) in [6.07, 6.45) is 3.47. The van der Waals surface area contributed by atoms with E-state index in [1.54, 1.807) is 7.05 Å². The summed E-state index contributed by atoms with van der Waals surface area (Å²) in [5.74, 6) is 0.870. The molecule has 1 amide bonds. The normalized spacial score (nSPS) is 30.2. The van der Waals surface area contributed by atoms with Crippen LogP contribution < -0.4 is 5.32 Å². The summed E-state index contributed by atoms with van der Waals surface area (Å²) in [4.78, 5) is 14.4. The van der Waals surface area contributed by atoms with Gasteiger partial charge in [0, 0.05) is 19.7 Å². The molecule has 2 aliphatic rings. The van der Waals surface area contributed by atoms with E-state index in [2.05, 4.69) is 29.2 Å². The van der Waals surface area contributed by atoms with E-state index >= 15 is 0 Å². The Morgan fingerprint density at radius 3 is 2.96 bits per heavy atom. The molecule has 128 valence electrons. The van der Waals surface area contributed by atoms with E-state index in [9.17, 15) is 4.79 Å². The predicted octanol–water partition coefficient (Wildman–Crippen LogP) is 2.02. The van der Waals surface area contributed by atoms with E-state index in [1.165, 1.54) is 0 Å². The lowest BCUT2D eigenvalue weighted by atomic mass is 9.82. The maximum atomic E-state index is 12.0. The van der Waals surface area contributed by atoms with Crippen LogP contribution in [0.3, 0.4) is 0 Å². The molecule has 0 saturated carbocycles. The van der Waals surface area contributed by atoms with E-state index in [-0.39, 0.29) is 23.2 Å². The van der Waals surface area contributed by atoms with Crippen molar-refractivity contribution >= 4 is 5.91 Å². The molecule has 3 heterocycles. The summed E-state index contributed by atoms with van der Waals surface area (Å²) in [5, 5.41) is 6.86. The molecule has 2 atom stereocenters. The topological polar surface area (TPSA) is 67.6 Å². The van der Waals surface area contributed by atoms with Gasteiger partial charge >= 0.3 is 0 Å². The van der Waals surface area contributed by atoms with Gasteiger partial charge in [-0.25, -0.2) is 0 Å². The second-order valence-electron chi connectivity index (χ2n) is 7.48. The van der Waals surface area contributed by atoms with Crippen molar-refractivity contribution in [1.29, 1.82) is 0 Å². The number of likely N-dealkylation sites (tertiary alicyclic amines) is 1. The van der Waals surface area contributed by atoms with Crippen LogP contribution in [0.25, 0.3) is 0 Å². The molecule has 2 aliphatic heterocycles. The zero-order chi connectivity index (χ0) is 16.7. The van der Waals surface area contributed by atoms with E-state index in [0.717, 1.165) is 43.8 Å². The van der Waals surface area contributed by atoms with E-state index in [4.69, 9.17) is 9.26 Å². The third-order valence-electron chi connectivity index (χ3n) is 5.14. The molecular weight excluding hydrogens is 294 g/mol. The van der Waals surface area contributed by atoms with Gasteiger partial charge in [0.25, 0.3) is 0 Å². The first kappa shape index (κ1) is 16.5. The van der Waals surface area contributed by atoms with Crippen LogP contribution in [0.2, 0.25) is 0 Å². The van der Waals surface area contributed by atoms with Crippen LogP contribution in [0.4, 0.5) is 0 Å². The van der Waals surface area contributed by atoms with Gasteiger partial charge in [-0.05, 0) is 46.6 Å². The minimum absolute atomic E-state index is 0.0382. The molecule has 0 aromatic carbocycles. The van der Waals surface area contributed by atoms with E-state index in [1.807, 2.05) is 13.0 Å². The maximum absolute atomic E-state index is 12.0. The van der Waals surface area contributed by atoms with Crippen LogP contribution in [-0.4, -0.2) is 46.8 Å². The van der Waals surface area contributed by atoms with Gasteiger partial charge in [0.15, 0.2) is 0 Å². The smallest absolute Gasteiger partial charge is 0.222 e. The van der Waals surface area contributed by atoms with Crippen molar-refractivity contribution in [3.05, 3.63) is 17.5 Å². The monoisotopic (exact) mass is 321 g/mol. The van der Waals surface area contributed by atoms with Gasteiger partial charge in [0.2, 0.25) is 5.91 Å². The Morgan fingerprint density at radius 1 is 1.52 bits per heavy atom. The molecular formula is C17H27N3O3. The molecule has 0 bridgehead atoms. The Labute approximate surface area is 137 Å². The SMILES string of the molecule is CNC(=O)C[C@@H]1OC(C)(C)C[C@]12CCCN2Cc1cc(C)on1. The molecule has 2 fully saturated rings. The Kier molecular flexibility index (Phi) is 4.23. The molecule has 1 aromatic heterocycles. The Bertz CT molecular complexity index is 583. The van der Waals surface area contributed by atoms with Crippen LogP contribution >= 0.6 is 0 Å². The maximum Gasteiger partial charge on any atom is 0.222 e. The molecule has 0 radical (unpaired) electrons. The lowest BCUT2D eigenvalue weighted by Crippen LogP contribution is -2.51. The molecule has 0 unspecified atom stereocenters. The summed E-state index contributed by atoms with van der Waals surface area (Å²) in [6.45, 7) is 7.91. The van der Waals surface area contributed by atoms with Crippen LogP contribution in [0.5, 0.6) is 0 Å². The second-order valence-corrected chi connectivity index (χ2v) is 7.48. The van der Waals surface area contributed by atoms with Crippen molar-refractivity contribution in [2.24, 2.45) is 0 Å². The molecule has 23 heavy (non-hydrogen) atoms. The summed E-state index contributed by atoms with van der Waals surface area (Å²) in [5.41, 5.74) is 0.663. The predicted molar refractivity (Wildman–Crippen MR) is 85.9 cm³/mol. The fourth-order valence-electron chi connectivity index (χ4n) is 4.34. The quantitative estimate of drug-likeness (QED) is 0.919. The lowest BCUT2D eigenvalue weighted by molar-refractivity contribution is -0.126. The van der Waals surface area contributed by atoms with E-state index < -0.39 is 0 Å². The standard InChI is InChI=1S/C17H27N3O3/c1-12-8-13(19-23-12)10-20-7-5-6-17(20)11-16(2,3)22-14(17)9-15(21)18-4/h8,14H,5-7,9-11H2,1-4H3,(H,18,21)/t14-,17+/m0/s1. The third kappa shape index (κ3) is 3.15. The van der Waals surface area contributed by atoms with Crippen LogP contribution in [-0.2, 0) is 16.1 Å². The first-order valence-corrected chi connectivity index (χ1v) is 8.40. The minimum atomic E-state index is -0.207. The minimum Gasteiger partial charge on any atom is -0.370 e. The summed E-state index contributed by atoms with van der Waals surface area (Å²) in [7, 11) is 1.68.